The molecule has 0 aromatic heterocycles. The number of piperidine rings is 1. The maximum atomic E-state index is 2.40. The van der Waals surface area contributed by atoms with E-state index in [0.29, 0.717) is 0 Å². The Labute approximate surface area is 79.2 Å². The monoisotopic (exact) mass is 173 g/mol. The predicted octanol–water partition coefficient (Wildman–Crippen LogP) is 3.40. The molecule has 1 rings (SSSR count). The third kappa shape index (κ3) is 8.06. The highest BCUT2D eigenvalue weighted by molar-refractivity contribution is 4.65. The summed E-state index contributed by atoms with van der Waals surface area (Å²) in [6.07, 6.45) is 2.80. The molecular formula is C11H27N. The number of likely N-dealkylation sites (tertiary alicyclic amines) is 1. The predicted molar refractivity (Wildman–Crippen MR) is 58.6 cm³/mol. The molecule has 1 aliphatic rings. The van der Waals surface area contributed by atoms with Crippen molar-refractivity contribution >= 4 is 0 Å². The van der Waals surface area contributed by atoms with Gasteiger partial charge in [-0.2, -0.15) is 0 Å². The first-order chi connectivity index (χ1) is 5.79. The molecule has 0 amide bonds. The molecule has 1 saturated heterocycles. The standard InChI is InChI=1S/C7H15N.2C2H6/c1-7-3-5-8(2)6-4-7;2*1-2/h7H,3-6H2,1-2H3;2*1-2H3. The van der Waals surface area contributed by atoms with Crippen molar-refractivity contribution in [3.8, 4) is 0 Å². The summed E-state index contributed by atoms with van der Waals surface area (Å²) in [5, 5.41) is 0. The molecule has 1 nitrogen and oxygen atoms in total. The Balaban J connectivity index is 0. The Hall–Kier alpha value is -0.0400. The minimum absolute atomic E-state index is 0.978. The molecule has 1 heteroatoms. The van der Waals surface area contributed by atoms with Gasteiger partial charge in [-0.3, -0.25) is 0 Å². The second kappa shape index (κ2) is 11.0. The van der Waals surface area contributed by atoms with Crippen molar-refractivity contribution in [2.75, 3.05) is 20.1 Å². The summed E-state index contributed by atoms with van der Waals surface area (Å²) < 4.78 is 0. The van der Waals surface area contributed by atoms with Gasteiger partial charge in [0.25, 0.3) is 0 Å². The van der Waals surface area contributed by atoms with Gasteiger partial charge in [0.1, 0.15) is 0 Å². The Morgan fingerprint density at radius 3 is 1.50 bits per heavy atom. The highest BCUT2D eigenvalue weighted by atomic mass is 15.1. The van der Waals surface area contributed by atoms with Crippen LogP contribution in [0.3, 0.4) is 0 Å². The van der Waals surface area contributed by atoms with Gasteiger partial charge in [0.15, 0.2) is 0 Å². The first-order valence-corrected chi connectivity index (χ1v) is 5.47. The van der Waals surface area contributed by atoms with E-state index in [9.17, 15) is 0 Å². The van der Waals surface area contributed by atoms with Crippen LogP contribution < -0.4 is 0 Å². The summed E-state index contributed by atoms with van der Waals surface area (Å²) >= 11 is 0. The molecule has 1 aliphatic heterocycles. The second-order valence-electron chi connectivity index (χ2n) is 2.99. The number of nitrogens with zero attached hydrogens (tertiary/aromatic N) is 1. The summed E-state index contributed by atoms with van der Waals surface area (Å²) in [6.45, 7) is 13.0. The number of rotatable bonds is 0. The molecule has 0 aromatic rings. The SMILES string of the molecule is CC.CC.CC1CCN(C)CC1. The van der Waals surface area contributed by atoms with Crippen molar-refractivity contribution in [3.63, 3.8) is 0 Å². The zero-order valence-electron chi connectivity index (χ0n) is 9.85. The molecule has 0 atom stereocenters. The van der Waals surface area contributed by atoms with Gasteiger partial charge in [0, 0.05) is 0 Å². The summed E-state index contributed by atoms with van der Waals surface area (Å²) in [7, 11) is 2.20. The Morgan fingerprint density at radius 2 is 1.25 bits per heavy atom. The number of hydrogen-bond acceptors (Lipinski definition) is 1. The van der Waals surface area contributed by atoms with Gasteiger partial charge in [0.05, 0.1) is 0 Å². The summed E-state index contributed by atoms with van der Waals surface area (Å²) in [4.78, 5) is 2.40. The van der Waals surface area contributed by atoms with Gasteiger partial charge in [-0.1, -0.05) is 34.6 Å². The highest BCUT2D eigenvalue weighted by Crippen LogP contribution is 2.13. The Morgan fingerprint density at radius 1 is 0.917 bits per heavy atom. The van der Waals surface area contributed by atoms with Gasteiger partial charge in [-0.25, -0.2) is 0 Å². The van der Waals surface area contributed by atoms with Crippen LogP contribution in [-0.2, 0) is 0 Å². The van der Waals surface area contributed by atoms with E-state index in [2.05, 4.69) is 18.9 Å². The maximum Gasteiger partial charge on any atom is -0.00192 e. The van der Waals surface area contributed by atoms with E-state index >= 15 is 0 Å². The van der Waals surface area contributed by atoms with E-state index in [0.717, 1.165) is 5.92 Å². The van der Waals surface area contributed by atoms with Gasteiger partial charge >= 0.3 is 0 Å². The van der Waals surface area contributed by atoms with Crippen molar-refractivity contribution < 1.29 is 0 Å². The van der Waals surface area contributed by atoms with Gasteiger partial charge in [-0.05, 0) is 38.9 Å². The van der Waals surface area contributed by atoms with Crippen molar-refractivity contribution in [2.24, 2.45) is 5.92 Å². The summed E-state index contributed by atoms with van der Waals surface area (Å²) in [5.74, 6) is 0.978. The minimum Gasteiger partial charge on any atom is -0.306 e. The summed E-state index contributed by atoms with van der Waals surface area (Å²) in [6, 6.07) is 0. The Bertz CT molecular complexity index is 53.4. The van der Waals surface area contributed by atoms with Crippen LogP contribution in [-0.4, -0.2) is 25.0 Å². The largest absolute Gasteiger partial charge is 0.306 e. The van der Waals surface area contributed by atoms with E-state index in [4.69, 9.17) is 0 Å². The van der Waals surface area contributed by atoms with Crippen LogP contribution >= 0.6 is 0 Å². The maximum absolute atomic E-state index is 2.40. The molecule has 0 N–H and O–H groups in total. The van der Waals surface area contributed by atoms with Crippen LogP contribution in [0.2, 0.25) is 0 Å². The molecule has 0 bridgehead atoms. The highest BCUT2D eigenvalue weighted by Gasteiger charge is 2.10. The lowest BCUT2D eigenvalue weighted by atomic mass is 10.00. The smallest absolute Gasteiger partial charge is 0.00192 e. The minimum atomic E-state index is 0.978. The van der Waals surface area contributed by atoms with Crippen LogP contribution in [0.4, 0.5) is 0 Å². The van der Waals surface area contributed by atoms with Crippen LogP contribution in [0.5, 0.6) is 0 Å². The van der Waals surface area contributed by atoms with Crippen molar-refractivity contribution in [1.82, 2.24) is 4.90 Å². The van der Waals surface area contributed by atoms with Crippen molar-refractivity contribution in [3.05, 3.63) is 0 Å². The van der Waals surface area contributed by atoms with E-state index in [1.807, 2.05) is 27.7 Å². The average Bonchev–Trinajstić information content (AvgIpc) is 2.17. The summed E-state index contributed by atoms with van der Waals surface area (Å²) in [5.41, 5.74) is 0. The number of hydrogen-bond donors (Lipinski definition) is 0. The fourth-order valence-electron chi connectivity index (χ4n) is 1.14. The lowest BCUT2D eigenvalue weighted by Gasteiger charge is -2.26. The van der Waals surface area contributed by atoms with E-state index < -0.39 is 0 Å². The molecular weight excluding hydrogens is 146 g/mol. The van der Waals surface area contributed by atoms with Crippen molar-refractivity contribution in [1.29, 1.82) is 0 Å². The van der Waals surface area contributed by atoms with E-state index in [1.165, 1.54) is 25.9 Å². The van der Waals surface area contributed by atoms with Crippen LogP contribution in [0.15, 0.2) is 0 Å². The molecule has 0 saturated carbocycles. The van der Waals surface area contributed by atoms with Gasteiger partial charge in [0.2, 0.25) is 0 Å². The van der Waals surface area contributed by atoms with E-state index in [-0.39, 0.29) is 0 Å². The van der Waals surface area contributed by atoms with Crippen LogP contribution in [0.1, 0.15) is 47.5 Å². The molecule has 0 aliphatic carbocycles. The lowest BCUT2D eigenvalue weighted by Crippen LogP contribution is -2.28. The zero-order chi connectivity index (χ0) is 9.98. The van der Waals surface area contributed by atoms with Crippen LogP contribution in [0, 0.1) is 5.92 Å². The first kappa shape index (κ1) is 14.5. The zero-order valence-corrected chi connectivity index (χ0v) is 9.85. The van der Waals surface area contributed by atoms with E-state index in [1.54, 1.807) is 0 Å². The fraction of sp³-hybridized carbons (Fsp3) is 1.00. The first-order valence-electron chi connectivity index (χ1n) is 5.47. The molecule has 0 unspecified atom stereocenters. The third-order valence-electron chi connectivity index (χ3n) is 2.01. The lowest BCUT2D eigenvalue weighted by molar-refractivity contribution is 0.230. The normalized spacial score (nSPS) is 18.5. The molecule has 0 spiro atoms. The molecule has 1 heterocycles. The average molecular weight is 173 g/mol. The quantitative estimate of drug-likeness (QED) is 0.542. The van der Waals surface area contributed by atoms with Gasteiger partial charge < -0.3 is 4.90 Å². The molecule has 0 aromatic carbocycles. The second-order valence-corrected chi connectivity index (χ2v) is 2.99. The molecule has 0 radical (unpaired) electrons. The van der Waals surface area contributed by atoms with Crippen LogP contribution in [0.25, 0.3) is 0 Å². The van der Waals surface area contributed by atoms with Gasteiger partial charge in [-0.15, -0.1) is 0 Å². The molecule has 76 valence electrons. The Kier molecular flexibility index (Phi) is 13.2. The fourth-order valence-corrected chi connectivity index (χ4v) is 1.14. The molecule has 1 fully saturated rings. The topological polar surface area (TPSA) is 3.24 Å². The molecule has 12 heavy (non-hydrogen) atoms. The third-order valence-corrected chi connectivity index (χ3v) is 2.01. The van der Waals surface area contributed by atoms with Crippen molar-refractivity contribution in [2.45, 2.75) is 47.5 Å².